The van der Waals surface area contributed by atoms with E-state index < -0.39 is 21.3 Å². The van der Waals surface area contributed by atoms with Gasteiger partial charge in [0.2, 0.25) is 0 Å². The number of hydrogen-bond donors (Lipinski definition) is 4. The number of aromatic amines is 1. The Morgan fingerprint density at radius 1 is 1.26 bits per heavy atom. The summed E-state index contributed by atoms with van der Waals surface area (Å²) in [6.45, 7) is 1.87. The number of likely N-dealkylation sites (N-methyl/N-ethyl adjacent to an activating group) is 1. The van der Waals surface area contributed by atoms with E-state index in [-0.39, 0.29) is 10.5 Å². The van der Waals surface area contributed by atoms with Crippen molar-refractivity contribution in [1.82, 2.24) is 30.6 Å². The standard InChI is InChI=1S/C22H26FN7O3S/c1-13-8-19(29-28-13)26-21-20(33-4)16(14-11-25-30(3)12-14)10-22(24-2,27-21)17-7-6-15(9-18(17)23)34(5,31)32/h6-12,24,27H,1-5H3,(H2,26,28,29). The van der Waals surface area contributed by atoms with Gasteiger partial charge in [0, 0.05) is 48.0 Å². The molecule has 0 bridgehead atoms. The summed E-state index contributed by atoms with van der Waals surface area (Å²) >= 11 is 0. The predicted molar refractivity (Wildman–Crippen MR) is 126 cm³/mol. The van der Waals surface area contributed by atoms with Gasteiger partial charge in [-0.05, 0) is 32.2 Å². The number of sulfone groups is 1. The highest BCUT2D eigenvalue weighted by atomic mass is 32.2. The number of H-pyrrole nitrogens is 1. The predicted octanol–water partition coefficient (Wildman–Crippen LogP) is 1.98. The molecule has 0 spiro atoms. The van der Waals surface area contributed by atoms with Gasteiger partial charge in [-0.3, -0.25) is 15.1 Å². The minimum Gasteiger partial charge on any atom is -0.492 e. The van der Waals surface area contributed by atoms with Crippen molar-refractivity contribution in [3.63, 3.8) is 0 Å². The maximum absolute atomic E-state index is 15.4. The zero-order valence-corrected chi connectivity index (χ0v) is 20.2. The molecule has 0 fully saturated rings. The highest BCUT2D eigenvalue weighted by molar-refractivity contribution is 7.90. The molecular weight excluding hydrogens is 461 g/mol. The van der Waals surface area contributed by atoms with Crippen LogP contribution in [0.4, 0.5) is 10.2 Å². The minimum atomic E-state index is -3.57. The van der Waals surface area contributed by atoms with Crippen LogP contribution in [-0.2, 0) is 27.3 Å². The summed E-state index contributed by atoms with van der Waals surface area (Å²) in [7, 11) is 1.42. The van der Waals surface area contributed by atoms with Gasteiger partial charge in [0.05, 0.1) is 18.2 Å². The van der Waals surface area contributed by atoms with E-state index in [4.69, 9.17) is 4.74 Å². The van der Waals surface area contributed by atoms with Crippen molar-refractivity contribution >= 4 is 21.2 Å². The van der Waals surface area contributed by atoms with E-state index in [0.29, 0.717) is 23.0 Å². The molecule has 3 heterocycles. The van der Waals surface area contributed by atoms with Crippen LogP contribution in [0.5, 0.6) is 0 Å². The van der Waals surface area contributed by atoms with Crippen molar-refractivity contribution in [1.29, 1.82) is 0 Å². The zero-order valence-electron chi connectivity index (χ0n) is 19.4. The van der Waals surface area contributed by atoms with Crippen LogP contribution in [0, 0.1) is 12.7 Å². The third kappa shape index (κ3) is 4.29. The number of rotatable bonds is 7. The molecule has 2 aromatic heterocycles. The molecule has 1 aliphatic heterocycles. The van der Waals surface area contributed by atoms with Crippen LogP contribution >= 0.6 is 0 Å². The molecule has 34 heavy (non-hydrogen) atoms. The van der Waals surface area contributed by atoms with E-state index in [2.05, 4.69) is 31.2 Å². The van der Waals surface area contributed by atoms with E-state index in [1.807, 2.05) is 19.2 Å². The van der Waals surface area contributed by atoms with E-state index in [0.717, 1.165) is 23.6 Å². The summed E-state index contributed by atoms with van der Waals surface area (Å²) in [4.78, 5) is -0.106. The zero-order chi connectivity index (χ0) is 24.7. The van der Waals surface area contributed by atoms with Crippen LogP contribution in [-0.4, -0.2) is 48.8 Å². The minimum absolute atomic E-state index is 0.106. The Hall–Kier alpha value is -3.64. The number of nitrogens with one attached hydrogen (secondary N) is 4. The summed E-state index contributed by atoms with van der Waals surface area (Å²) in [5.41, 5.74) is 1.16. The second kappa shape index (κ2) is 8.61. The summed E-state index contributed by atoms with van der Waals surface area (Å²) < 4.78 is 46.7. The fraction of sp³-hybridized carbons (Fsp3) is 0.273. The lowest BCUT2D eigenvalue weighted by molar-refractivity contribution is 0.284. The summed E-state index contributed by atoms with van der Waals surface area (Å²) in [5.74, 6) is 0.728. The van der Waals surface area contributed by atoms with Crippen LogP contribution in [0.25, 0.3) is 5.57 Å². The van der Waals surface area contributed by atoms with Gasteiger partial charge in [-0.15, -0.1) is 0 Å². The molecule has 1 unspecified atom stereocenters. The van der Waals surface area contributed by atoms with E-state index >= 15 is 4.39 Å². The van der Waals surface area contributed by atoms with Gasteiger partial charge in [0.15, 0.2) is 27.2 Å². The number of hydrogen-bond acceptors (Lipinski definition) is 8. The lowest BCUT2D eigenvalue weighted by Crippen LogP contribution is -2.54. The van der Waals surface area contributed by atoms with Crippen LogP contribution in [0.15, 0.2) is 59.2 Å². The number of anilines is 1. The Kier molecular flexibility index (Phi) is 5.96. The first kappa shape index (κ1) is 23.5. The maximum Gasteiger partial charge on any atom is 0.175 e. The fourth-order valence-electron chi connectivity index (χ4n) is 3.85. The topological polar surface area (TPSA) is 126 Å². The van der Waals surface area contributed by atoms with Gasteiger partial charge in [-0.1, -0.05) is 6.07 Å². The lowest BCUT2D eigenvalue weighted by atomic mass is 9.90. The first-order valence-electron chi connectivity index (χ1n) is 10.3. The van der Waals surface area contributed by atoms with Crippen molar-refractivity contribution in [3.05, 3.63) is 77.0 Å². The molecule has 1 aromatic carbocycles. The summed E-state index contributed by atoms with van der Waals surface area (Å²) in [5, 5.41) is 21.0. The highest BCUT2D eigenvalue weighted by Crippen LogP contribution is 2.37. The number of aryl methyl sites for hydroxylation is 2. The Bertz CT molecular complexity index is 1410. The Morgan fingerprint density at radius 2 is 2.03 bits per heavy atom. The van der Waals surface area contributed by atoms with Crippen molar-refractivity contribution in [2.75, 3.05) is 25.7 Å². The van der Waals surface area contributed by atoms with E-state index in [1.54, 1.807) is 31.1 Å². The van der Waals surface area contributed by atoms with Crippen LogP contribution in [0.2, 0.25) is 0 Å². The van der Waals surface area contributed by atoms with Crippen molar-refractivity contribution in [3.8, 4) is 0 Å². The number of halogens is 1. The lowest BCUT2D eigenvalue weighted by Gasteiger charge is -2.39. The molecule has 1 atom stereocenters. The third-order valence-corrected chi connectivity index (χ3v) is 6.63. The molecule has 12 heteroatoms. The smallest absolute Gasteiger partial charge is 0.175 e. The second-order valence-electron chi connectivity index (χ2n) is 8.03. The SMILES string of the molecule is CNC1(c2ccc(S(C)(=O)=O)cc2F)C=C(c2cnn(C)c2)C(OC)=C(Nc2cc(C)[nH]n2)N1. The number of ether oxygens (including phenoxy) is 1. The van der Waals surface area contributed by atoms with E-state index in [9.17, 15) is 8.42 Å². The largest absolute Gasteiger partial charge is 0.492 e. The van der Waals surface area contributed by atoms with Crippen molar-refractivity contribution < 1.29 is 17.5 Å². The molecule has 4 rings (SSSR count). The van der Waals surface area contributed by atoms with Crippen molar-refractivity contribution in [2.24, 2.45) is 7.05 Å². The van der Waals surface area contributed by atoms with Gasteiger partial charge in [-0.2, -0.15) is 10.2 Å². The van der Waals surface area contributed by atoms with Gasteiger partial charge < -0.3 is 15.4 Å². The quantitative estimate of drug-likeness (QED) is 0.399. The first-order valence-corrected chi connectivity index (χ1v) is 12.2. The first-order chi connectivity index (χ1) is 16.1. The molecule has 0 saturated heterocycles. The molecule has 3 aromatic rings. The maximum atomic E-state index is 15.4. The number of benzene rings is 1. The average Bonchev–Trinajstić information content (AvgIpc) is 3.40. The Morgan fingerprint density at radius 3 is 2.56 bits per heavy atom. The van der Waals surface area contributed by atoms with Gasteiger partial charge >= 0.3 is 0 Å². The number of aromatic nitrogens is 4. The van der Waals surface area contributed by atoms with Gasteiger partial charge in [0.1, 0.15) is 11.5 Å². The third-order valence-electron chi connectivity index (χ3n) is 5.52. The van der Waals surface area contributed by atoms with Crippen LogP contribution < -0.4 is 16.0 Å². The summed E-state index contributed by atoms with van der Waals surface area (Å²) in [6.07, 6.45) is 6.31. The van der Waals surface area contributed by atoms with Crippen LogP contribution in [0.1, 0.15) is 16.8 Å². The number of nitrogens with zero attached hydrogens (tertiary/aromatic N) is 3. The molecule has 0 radical (unpaired) electrons. The average molecular weight is 488 g/mol. The Labute approximate surface area is 196 Å². The highest BCUT2D eigenvalue weighted by Gasteiger charge is 2.39. The molecule has 0 aliphatic carbocycles. The molecule has 1 aliphatic rings. The van der Waals surface area contributed by atoms with Crippen LogP contribution in [0.3, 0.4) is 0 Å². The fourth-order valence-corrected chi connectivity index (χ4v) is 4.49. The van der Waals surface area contributed by atoms with Crippen molar-refractivity contribution in [2.45, 2.75) is 17.5 Å². The number of methoxy groups -OCH3 is 1. The van der Waals surface area contributed by atoms with Gasteiger partial charge in [-0.25, -0.2) is 12.8 Å². The molecule has 4 N–H and O–H groups in total. The molecule has 10 nitrogen and oxygen atoms in total. The van der Waals surface area contributed by atoms with E-state index in [1.165, 1.54) is 19.2 Å². The molecule has 180 valence electrons. The number of dihydropyridines is 1. The number of allylic oxidation sites excluding steroid dienone is 1. The van der Waals surface area contributed by atoms with Gasteiger partial charge in [0.25, 0.3) is 0 Å². The molecule has 0 amide bonds. The normalized spacial score (nSPS) is 18.5. The monoisotopic (exact) mass is 487 g/mol. The summed E-state index contributed by atoms with van der Waals surface area (Å²) in [6, 6.07) is 5.65. The Balaban J connectivity index is 1.91. The second-order valence-corrected chi connectivity index (χ2v) is 10.0. The molecular formula is C22H26FN7O3S. The molecule has 0 saturated carbocycles.